The minimum absolute atomic E-state index is 0.141. The first-order valence-electron chi connectivity index (χ1n) is 11.2. The van der Waals surface area contributed by atoms with E-state index in [0.717, 1.165) is 32.1 Å². The summed E-state index contributed by atoms with van der Waals surface area (Å²) in [5, 5.41) is 2.25. The Balaban J connectivity index is 1.55. The average molecular weight is 473 g/mol. The molecule has 0 N–H and O–H groups in total. The summed E-state index contributed by atoms with van der Waals surface area (Å²) in [7, 11) is 3.05. The smallest absolute Gasteiger partial charge is 0.252 e. The zero-order valence-corrected chi connectivity index (χ0v) is 20.3. The summed E-state index contributed by atoms with van der Waals surface area (Å²) in [5.74, 6) is 0.603. The minimum atomic E-state index is -1.51. The molecule has 8 heteroatoms. The Morgan fingerprint density at radius 2 is 1.76 bits per heavy atom. The van der Waals surface area contributed by atoms with Gasteiger partial charge in [0.05, 0.1) is 20.6 Å². The fourth-order valence-electron chi connectivity index (χ4n) is 3.94. The normalized spacial score (nSPS) is 16.2. The average Bonchev–Trinajstić information content (AvgIpc) is 2.83. The molecule has 178 valence electrons. The molecule has 7 nitrogen and oxygen atoms in total. The summed E-state index contributed by atoms with van der Waals surface area (Å²) in [6, 6.07) is 15.4. The molecule has 0 saturated carbocycles. The highest BCUT2D eigenvalue weighted by Gasteiger charge is 2.49. The van der Waals surface area contributed by atoms with Gasteiger partial charge in [-0.25, -0.2) is 10.0 Å². The number of hydrazine groups is 1. The van der Waals surface area contributed by atoms with Gasteiger partial charge < -0.3 is 14.0 Å². The van der Waals surface area contributed by atoms with Gasteiger partial charge in [0.25, 0.3) is 5.91 Å². The van der Waals surface area contributed by atoms with Crippen LogP contribution >= 0.6 is 0 Å². The monoisotopic (exact) mass is 472 g/mol. The van der Waals surface area contributed by atoms with Crippen molar-refractivity contribution >= 4 is 23.0 Å². The molecule has 1 saturated heterocycles. The van der Waals surface area contributed by atoms with Crippen LogP contribution in [0, 0.1) is 0 Å². The van der Waals surface area contributed by atoms with E-state index in [-0.39, 0.29) is 18.2 Å². The topological polar surface area (TPSA) is 82.1 Å². The van der Waals surface area contributed by atoms with Crippen LogP contribution in [0.1, 0.15) is 44.6 Å². The number of carbonyl (C=O) groups is 2. The number of aryl methyl sites for hydroxylation is 1. The van der Waals surface area contributed by atoms with Crippen molar-refractivity contribution in [3.63, 3.8) is 0 Å². The van der Waals surface area contributed by atoms with Crippen LogP contribution in [0.4, 0.5) is 0 Å². The van der Waals surface area contributed by atoms with Crippen LogP contribution in [0.3, 0.4) is 0 Å². The lowest BCUT2D eigenvalue weighted by atomic mass is 10.1. The predicted octanol–water partition coefficient (Wildman–Crippen LogP) is 3.94. The van der Waals surface area contributed by atoms with Crippen molar-refractivity contribution in [2.75, 3.05) is 20.8 Å². The first kappa shape index (κ1) is 24.9. The Kier molecular flexibility index (Phi) is 9.03. The van der Waals surface area contributed by atoms with E-state index in [2.05, 4.69) is 12.1 Å². The molecule has 1 aliphatic rings. The van der Waals surface area contributed by atoms with Crippen molar-refractivity contribution in [2.24, 2.45) is 0 Å². The summed E-state index contributed by atoms with van der Waals surface area (Å²) in [4.78, 5) is 25.2. The Hall–Kier alpha value is -2.71. The number of carbonyl (C=O) groups excluding carboxylic acids is 2. The van der Waals surface area contributed by atoms with Crippen LogP contribution in [-0.4, -0.2) is 52.5 Å². The first-order chi connectivity index (χ1) is 16.0. The van der Waals surface area contributed by atoms with Crippen LogP contribution < -0.4 is 9.47 Å². The third-order valence-corrected chi connectivity index (χ3v) is 7.34. The summed E-state index contributed by atoms with van der Waals surface area (Å²) >= 11 is -1.51. The number of rotatable bonds is 12. The summed E-state index contributed by atoms with van der Waals surface area (Å²) in [5.41, 5.74) is 1.33. The Bertz CT molecular complexity index is 940. The van der Waals surface area contributed by atoms with E-state index in [1.54, 1.807) is 18.2 Å². The molecule has 1 heterocycles. The lowest BCUT2D eigenvalue weighted by Crippen LogP contribution is -2.64. The number of hydrogen-bond donors (Lipinski definition) is 0. The van der Waals surface area contributed by atoms with E-state index in [1.807, 2.05) is 18.2 Å². The first-order valence-corrected chi connectivity index (χ1v) is 12.4. The number of methoxy groups -OCH3 is 2. The van der Waals surface area contributed by atoms with E-state index >= 15 is 0 Å². The minimum Gasteiger partial charge on any atom is -0.610 e. The molecule has 0 aliphatic carbocycles. The second kappa shape index (κ2) is 12.0. The molecule has 3 rings (SSSR count). The van der Waals surface area contributed by atoms with E-state index in [4.69, 9.17) is 9.47 Å². The van der Waals surface area contributed by atoms with Crippen LogP contribution in [0.25, 0.3) is 0 Å². The van der Waals surface area contributed by atoms with Crippen molar-refractivity contribution < 1.29 is 23.6 Å². The van der Waals surface area contributed by atoms with Gasteiger partial charge in [-0.2, -0.15) is 0 Å². The van der Waals surface area contributed by atoms with Gasteiger partial charge >= 0.3 is 0 Å². The zero-order chi connectivity index (χ0) is 23.8. The highest BCUT2D eigenvalue weighted by atomic mass is 32.2. The maximum absolute atomic E-state index is 13.2. The van der Waals surface area contributed by atoms with Crippen molar-refractivity contribution in [1.29, 1.82) is 0 Å². The molecule has 2 atom stereocenters. The third kappa shape index (κ3) is 6.21. The number of unbranched alkanes of at least 4 members (excludes halogenated alkanes) is 3. The number of nitrogens with zero attached hydrogens (tertiary/aromatic N) is 2. The van der Waals surface area contributed by atoms with Gasteiger partial charge in [-0.15, -0.1) is 0 Å². The van der Waals surface area contributed by atoms with Gasteiger partial charge in [0.2, 0.25) is 11.3 Å². The van der Waals surface area contributed by atoms with Crippen molar-refractivity contribution in [1.82, 2.24) is 10.0 Å². The molecule has 2 amide bonds. The van der Waals surface area contributed by atoms with Gasteiger partial charge in [0.15, 0.2) is 16.4 Å². The fourth-order valence-corrected chi connectivity index (χ4v) is 5.38. The van der Waals surface area contributed by atoms with Crippen LogP contribution in [0.2, 0.25) is 0 Å². The second-order valence-corrected chi connectivity index (χ2v) is 9.61. The quantitative estimate of drug-likeness (QED) is 0.266. The maximum atomic E-state index is 13.2. The van der Waals surface area contributed by atoms with E-state index < -0.39 is 16.5 Å². The Morgan fingerprint density at radius 1 is 1.06 bits per heavy atom. The molecular weight excluding hydrogens is 440 g/mol. The molecule has 0 radical (unpaired) electrons. The molecule has 0 spiro atoms. The van der Waals surface area contributed by atoms with E-state index in [0.29, 0.717) is 22.9 Å². The largest absolute Gasteiger partial charge is 0.610 e. The summed E-state index contributed by atoms with van der Waals surface area (Å²) in [6.45, 7) is 1.88. The van der Waals surface area contributed by atoms with Crippen molar-refractivity contribution in [2.45, 2.75) is 55.7 Å². The SMILES string of the molecule is COc1ccc([S+]([O-])C2CC(=O)N2N(CCCCCCc2ccccc2)C(C)=O)cc1OC. The van der Waals surface area contributed by atoms with Crippen molar-refractivity contribution in [3.8, 4) is 11.5 Å². The Morgan fingerprint density at radius 3 is 2.39 bits per heavy atom. The molecular formula is C25H32N2O5S. The van der Waals surface area contributed by atoms with Crippen LogP contribution in [0.15, 0.2) is 53.4 Å². The highest BCUT2D eigenvalue weighted by Crippen LogP contribution is 2.35. The second-order valence-electron chi connectivity index (χ2n) is 8.00. The number of hydrogen-bond acceptors (Lipinski definition) is 5. The standard InChI is InChI=1S/C25H32N2O5S/c1-19(28)26(16-10-5-4-7-11-20-12-8-6-9-13-20)27-24(29)18-25(27)33(30)21-14-15-22(31-2)23(17-21)32-3/h6,8-9,12-15,17,25H,4-5,7,10-11,16,18H2,1-3H3. The number of amides is 2. The van der Waals surface area contributed by atoms with Gasteiger partial charge in [-0.05, 0) is 37.0 Å². The van der Waals surface area contributed by atoms with Crippen LogP contribution in [-0.2, 0) is 27.2 Å². The predicted molar refractivity (Wildman–Crippen MR) is 127 cm³/mol. The number of β-lactam (4-membered cyclic amide) rings is 1. The lowest BCUT2D eigenvalue weighted by molar-refractivity contribution is -0.177. The van der Waals surface area contributed by atoms with Crippen molar-refractivity contribution in [3.05, 3.63) is 54.1 Å². The number of ether oxygens (including phenoxy) is 2. The highest BCUT2D eigenvalue weighted by molar-refractivity contribution is 7.92. The van der Waals surface area contributed by atoms with E-state index in [1.165, 1.54) is 36.7 Å². The molecule has 2 aromatic carbocycles. The van der Waals surface area contributed by atoms with Gasteiger partial charge in [0.1, 0.15) is 0 Å². The molecule has 2 unspecified atom stereocenters. The molecule has 0 aromatic heterocycles. The molecule has 1 aliphatic heterocycles. The fraction of sp³-hybridized carbons (Fsp3) is 0.440. The Labute approximate surface area is 198 Å². The molecule has 2 aromatic rings. The van der Waals surface area contributed by atoms with E-state index in [9.17, 15) is 14.1 Å². The van der Waals surface area contributed by atoms with Gasteiger partial charge in [-0.1, -0.05) is 43.2 Å². The summed E-state index contributed by atoms with van der Waals surface area (Å²) < 4.78 is 23.7. The molecule has 1 fully saturated rings. The summed E-state index contributed by atoms with van der Waals surface area (Å²) in [6.07, 6.45) is 5.06. The maximum Gasteiger partial charge on any atom is 0.252 e. The number of benzene rings is 2. The molecule has 33 heavy (non-hydrogen) atoms. The molecule has 0 bridgehead atoms. The van der Waals surface area contributed by atoms with Gasteiger partial charge in [-0.3, -0.25) is 9.59 Å². The lowest BCUT2D eigenvalue weighted by Gasteiger charge is -2.45. The van der Waals surface area contributed by atoms with Gasteiger partial charge in [0, 0.05) is 30.7 Å². The van der Waals surface area contributed by atoms with Crippen LogP contribution in [0.5, 0.6) is 11.5 Å². The zero-order valence-electron chi connectivity index (χ0n) is 19.5. The third-order valence-electron chi connectivity index (χ3n) is 5.76.